The SMILES string of the molecule is O=C1Nc2ccc(-c3cc(C(F)(F)F)ccc3F)cc2C(=O)N2CCN(C(=O)COc3ccc(OC(F)(F)F)cc3Cl)C[C@@H]12. The van der Waals surface area contributed by atoms with Crippen molar-refractivity contribution in [3.8, 4) is 22.6 Å². The molecule has 5 rings (SSSR count). The molecule has 44 heavy (non-hydrogen) atoms. The molecule has 0 bridgehead atoms. The van der Waals surface area contributed by atoms with E-state index in [0.29, 0.717) is 18.2 Å². The zero-order chi connectivity index (χ0) is 32.0. The van der Waals surface area contributed by atoms with Gasteiger partial charge >= 0.3 is 12.5 Å². The van der Waals surface area contributed by atoms with E-state index in [9.17, 15) is 45.1 Å². The molecule has 3 aromatic rings. The van der Waals surface area contributed by atoms with Crippen molar-refractivity contribution in [2.45, 2.75) is 18.6 Å². The Morgan fingerprint density at radius 2 is 1.70 bits per heavy atom. The summed E-state index contributed by atoms with van der Waals surface area (Å²) >= 11 is 5.94. The van der Waals surface area contributed by atoms with Crippen LogP contribution in [0.25, 0.3) is 11.1 Å². The molecule has 1 N–H and O–H groups in total. The number of hydrogen-bond acceptors (Lipinski definition) is 5. The lowest BCUT2D eigenvalue weighted by molar-refractivity contribution is -0.274. The number of benzene rings is 3. The molecule has 16 heteroatoms. The number of piperazine rings is 1. The highest BCUT2D eigenvalue weighted by Gasteiger charge is 2.41. The van der Waals surface area contributed by atoms with Crippen molar-refractivity contribution >= 4 is 35.0 Å². The minimum atomic E-state index is -4.93. The second-order valence-corrected chi connectivity index (χ2v) is 10.1. The zero-order valence-corrected chi connectivity index (χ0v) is 22.8. The minimum absolute atomic E-state index is 0.0176. The molecule has 1 fully saturated rings. The van der Waals surface area contributed by atoms with E-state index in [2.05, 4.69) is 10.1 Å². The second kappa shape index (κ2) is 11.5. The number of carbonyl (C=O) groups is 3. The summed E-state index contributed by atoms with van der Waals surface area (Å²) in [6.07, 6.45) is -9.66. The Labute approximate surface area is 248 Å². The zero-order valence-electron chi connectivity index (χ0n) is 22.1. The summed E-state index contributed by atoms with van der Waals surface area (Å²) in [7, 11) is 0. The molecule has 8 nitrogen and oxygen atoms in total. The van der Waals surface area contributed by atoms with E-state index in [0.717, 1.165) is 18.2 Å². The average molecular weight is 646 g/mol. The third-order valence-corrected chi connectivity index (χ3v) is 7.19. The quantitative estimate of drug-likeness (QED) is 0.357. The summed E-state index contributed by atoms with van der Waals surface area (Å²) in [5.74, 6) is -3.54. The number of fused-ring (bicyclic) bond motifs is 2. The number of rotatable bonds is 5. The number of amides is 3. The van der Waals surface area contributed by atoms with Crippen molar-refractivity contribution in [3.05, 3.63) is 76.6 Å². The van der Waals surface area contributed by atoms with Crippen molar-refractivity contribution in [1.29, 1.82) is 0 Å². The first-order valence-corrected chi connectivity index (χ1v) is 13.1. The van der Waals surface area contributed by atoms with Crippen molar-refractivity contribution in [2.75, 3.05) is 31.6 Å². The van der Waals surface area contributed by atoms with Crippen molar-refractivity contribution < 1.29 is 54.6 Å². The van der Waals surface area contributed by atoms with Gasteiger partial charge in [-0.1, -0.05) is 17.7 Å². The van der Waals surface area contributed by atoms with Gasteiger partial charge in [-0.2, -0.15) is 13.2 Å². The molecule has 232 valence electrons. The fourth-order valence-electron chi connectivity index (χ4n) is 4.79. The molecule has 3 aromatic carbocycles. The maximum absolute atomic E-state index is 14.5. The summed E-state index contributed by atoms with van der Waals surface area (Å²) < 4.78 is 101. The number of anilines is 1. The Balaban J connectivity index is 1.29. The van der Waals surface area contributed by atoms with Gasteiger partial charge in [0.25, 0.3) is 11.8 Å². The van der Waals surface area contributed by atoms with Crippen LogP contribution in [0.5, 0.6) is 11.5 Å². The molecule has 2 aliphatic heterocycles. The number of ether oxygens (including phenoxy) is 2. The predicted octanol–water partition coefficient (Wildman–Crippen LogP) is 5.75. The van der Waals surface area contributed by atoms with Gasteiger partial charge < -0.3 is 24.6 Å². The Morgan fingerprint density at radius 3 is 2.39 bits per heavy atom. The third-order valence-electron chi connectivity index (χ3n) is 6.90. The summed E-state index contributed by atoms with van der Waals surface area (Å²) in [5.41, 5.74) is -1.51. The fraction of sp³-hybridized carbons (Fsp3) is 0.250. The highest BCUT2D eigenvalue weighted by atomic mass is 35.5. The maximum Gasteiger partial charge on any atom is 0.573 e. The lowest BCUT2D eigenvalue weighted by Crippen LogP contribution is -2.60. The van der Waals surface area contributed by atoms with Gasteiger partial charge in [0.2, 0.25) is 5.91 Å². The molecule has 1 atom stereocenters. The van der Waals surface area contributed by atoms with Gasteiger partial charge in [-0.3, -0.25) is 14.4 Å². The van der Waals surface area contributed by atoms with Gasteiger partial charge in [0.05, 0.1) is 28.4 Å². The standard InChI is InChI=1S/C28H19ClF7N3O5/c29-19-11-16(44-28(34,35)36)3-6-23(19)43-13-24(40)38-7-8-39-22(12-38)25(41)37-21-5-1-14(9-18(21)26(39)42)17-10-15(27(31,32)33)2-4-20(17)30/h1-6,9-11,22H,7-8,12-13H2,(H,37,41)/t22-/m0/s1. The molecule has 2 aliphatic rings. The van der Waals surface area contributed by atoms with Gasteiger partial charge in [-0.15, -0.1) is 13.2 Å². The Morgan fingerprint density at radius 1 is 0.955 bits per heavy atom. The highest BCUT2D eigenvalue weighted by molar-refractivity contribution is 6.32. The lowest BCUT2D eigenvalue weighted by Gasteiger charge is -2.39. The van der Waals surface area contributed by atoms with Crippen LogP contribution >= 0.6 is 11.6 Å². The number of nitrogens with zero attached hydrogens (tertiary/aromatic N) is 2. The molecule has 0 radical (unpaired) electrons. The molecular weight excluding hydrogens is 627 g/mol. The summed E-state index contributed by atoms with van der Waals surface area (Å²) in [5, 5.41) is 2.32. The Bertz CT molecular complexity index is 1650. The van der Waals surface area contributed by atoms with Crippen LogP contribution in [0, 0.1) is 5.82 Å². The topological polar surface area (TPSA) is 88.2 Å². The Kier molecular flexibility index (Phi) is 8.09. The van der Waals surface area contributed by atoms with E-state index in [-0.39, 0.29) is 52.8 Å². The highest BCUT2D eigenvalue weighted by Crippen LogP contribution is 2.36. The van der Waals surface area contributed by atoms with Gasteiger partial charge in [0.1, 0.15) is 23.4 Å². The minimum Gasteiger partial charge on any atom is -0.482 e. The van der Waals surface area contributed by atoms with Crippen LogP contribution in [0.3, 0.4) is 0 Å². The molecule has 3 amide bonds. The smallest absolute Gasteiger partial charge is 0.482 e. The first-order valence-electron chi connectivity index (χ1n) is 12.7. The van der Waals surface area contributed by atoms with Gasteiger partial charge in [0, 0.05) is 24.7 Å². The van der Waals surface area contributed by atoms with Crippen LogP contribution in [0.2, 0.25) is 5.02 Å². The number of alkyl halides is 6. The van der Waals surface area contributed by atoms with Crippen molar-refractivity contribution in [1.82, 2.24) is 9.80 Å². The maximum atomic E-state index is 14.5. The van der Waals surface area contributed by atoms with Gasteiger partial charge in [-0.05, 0) is 48.0 Å². The number of halogens is 8. The van der Waals surface area contributed by atoms with Gasteiger partial charge in [0.15, 0.2) is 6.61 Å². The second-order valence-electron chi connectivity index (χ2n) is 9.72. The predicted molar refractivity (Wildman–Crippen MR) is 141 cm³/mol. The number of hydrogen-bond donors (Lipinski definition) is 1. The van der Waals surface area contributed by atoms with Crippen LogP contribution < -0.4 is 14.8 Å². The first-order chi connectivity index (χ1) is 20.6. The van der Waals surface area contributed by atoms with E-state index in [1.165, 1.54) is 28.0 Å². The largest absolute Gasteiger partial charge is 0.573 e. The summed E-state index contributed by atoms with van der Waals surface area (Å²) in [4.78, 5) is 41.9. The molecule has 0 unspecified atom stereocenters. The van der Waals surface area contributed by atoms with Crippen LogP contribution in [-0.4, -0.2) is 66.2 Å². The lowest BCUT2D eigenvalue weighted by atomic mass is 9.98. The molecule has 0 spiro atoms. The number of nitrogens with one attached hydrogen (secondary N) is 1. The molecular formula is C28H19ClF7N3O5. The normalized spacial score (nSPS) is 17.0. The van der Waals surface area contributed by atoms with E-state index in [1.807, 2.05) is 0 Å². The number of carbonyl (C=O) groups excluding carboxylic acids is 3. The summed E-state index contributed by atoms with van der Waals surface area (Å²) in [6.45, 7) is -0.960. The average Bonchev–Trinajstić information content (AvgIpc) is 3.04. The van der Waals surface area contributed by atoms with Crippen molar-refractivity contribution in [2.24, 2.45) is 0 Å². The third kappa shape index (κ3) is 6.51. The Hall–Kier alpha value is -4.53. The molecule has 0 aliphatic carbocycles. The van der Waals surface area contributed by atoms with E-state index < -0.39 is 60.0 Å². The van der Waals surface area contributed by atoms with Crippen LogP contribution in [0.15, 0.2) is 54.6 Å². The van der Waals surface area contributed by atoms with E-state index >= 15 is 0 Å². The molecule has 0 saturated carbocycles. The van der Waals surface area contributed by atoms with Crippen LogP contribution in [-0.2, 0) is 15.8 Å². The molecule has 0 aromatic heterocycles. The summed E-state index contributed by atoms with van der Waals surface area (Å²) in [6, 6.07) is 7.40. The molecule has 1 saturated heterocycles. The van der Waals surface area contributed by atoms with Gasteiger partial charge in [-0.25, -0.2) is 4.39 Å². The fourth-order valence-corrected chi connectivity index (χ4v) is 5.02. The van der Waals surface area contributed by atoms with E-state index in [4.69, 9.17) is 16.3 Å². The van der Waals surface area contributed by atoms with Crippen LogP contribution in [0.4, 0.5) is 36.4 Å². The monoisotopic (exact) mass is 645 g/mol. The van der Waals surface area contributed by atoms with E-state index in [1.54, 1.807) is 0 Å². The van der Waals surface area contributed by atoms with Crippen LogP contribution in [0.1, 0.15) is 15.9 Å². The first kappa shape index (κ1) is 30.9. The molecule has 2 heterocycles. The van der Waals surface area contributed by atoms with Crippen molar-refractivity contribution in [3.63, 3.8) is 0 Å².